The Kier molecular flexibility index (Phi) is 4.42. The molecule has 1 fully saturated rings. The Balaban J connectivity index is 2.09. The van der Waals surface area contributed by atoms with Gasteiger partial charge in [0.2, 0.25) is 0 Å². The Morgan fingerprint density at radius 2 is 1.67 bits per heavy atom. The van der Waals surface area contributed by atoms with Gasteiger partial charge in [-0.3, -0.25) is 4.79 Å². The lowest BCUT2D eigenvalue weighted by Crippen LogP contribution is -2.41. The molecule has 1 aliphatic rings. The molecule has 0 atom stereocenters. The van der Waals surface area contributed by atoms with Crippen LogP contribution < -0.4 is 10.8 Å². The van der Waals surface area contributed by atoms with E-state index in [0.29, 0.717) is 5.56 Å². The fourth-order valence-corrected chi connectivity index (χ4v) is 2.04. The molecular weight excluding hydrogens is 269 g/mol. The van der Waals surface area contributed by atoms with Crippen LogP contribution in [0.2, 0.25) is 0 Å². The number of carbonyl (C=O) groups is 1. The van der Waals surface area contributed by atoms with Gasteiger partial charge in [0.25, 0.3) is 5.91 Å². The Morgan fingerprint density at radius 3 is 2.14 bits per heavy atom. The summed E-state index contributed by atoms with van der Waals surface area (Å²) in [5.41, 5.74) is 0.667. The van der Waals surface area contributed by atoms with E-state index in [1.807, 2.05) is 39.8 Å². The summed E-state index contributed by atoms with van der Waals surface area (Å²) in [7, 11) is -0.426. The van der Waals surface area contributed by atoms with Gasteiger partial charge in [0.1, 0.15) is 0 Å². The minimum absolute atomic E-state index is 0.0717. The number of carbonyl (C=O) groups excluding carboxylic acids is 1. The zero-order valence-corrected chi connectivity index (χ0v) is 13.0. The normalized spacial score (nSPS) is 19.6. The summed E-state index contributed by atoms with van der Waals surface area (Å²) in [5.74, 6) is -0.204. The predicted octanol–water partition coefficient (Wildman–Crippen LogP) is 0.708. The van der Waals surface area contributed by atoms with Crippen LogP contribution in [-0.2, 0) is 9.31 Å². The molecule has 0 saturated carbocycles. The number of benzene rings is 1. The van der Waals surface area contributed by atoms with Gasteiger partial charge in [-0.25, -0.2) is 0 Å². The zero-order chi connectivity index (χ0) is 15.7. The summed E-state index contributed by atoms with van der Waals surface area (Å²) in [6.07, 6.45) is 0. The number of amides is 1. The van der Waals surface area contributed by atoms with Crippen molar-refractivity contribution in [3.63, 3.8) is 0 Å². The minimum Gasteiger partial charge on any atom is -0.399 e. The Labute approximate surface area is 125 Å². The van der Waals surface area contributed by atoms with Crippen molar-refractivity contribution in [2.45, 2.75) is 38.9 Å². The van der Waals surface area contributed by atoms with Gasteiger partial charge in [-0.15, -0.1) is 0 Å². The summed E-state index contributed by atoms with van der Waals surface area (Å²) >= 11 is 0. The fourth-order valence-electron chi connectivity index (χ4n) is 2.04. The van der Waals surface area contributed by atoms with Gasteiger partial charge in [-0.2, -0.15) is 0 Å². The van der Waals surface area contributed by atoms with Gasteiger partial charge in [0.05, 0.1) is 17.8 Å². The quantitative estimate of drug-likeness (QED) is 0.802. The first-order valence-corrected chi connectivity index (χ1v) is 7.11. The van der Waals surface area contributed by atoms with Crippen LogP contribution in [0.15, 0.2) is 24.3 Å². The third kappa shape index (κ3) is 3.28. The molecule has 21 heavy (non-hydrogen) atoms. The lowest BCUT2D eigenvalue weighted by molar-refractivity contribution is 0.00578. The molecule has 0 spiro atoms. The first kappa shape index (κ1) is 16.0. The molecule has 0 radical (unpaired) electrons. The van der Waals surface area contributed by atoms with Crippen molar-refractivity contribution in [3.05, 3.63) is 29.8 Å². The van der Waals surface area contributed by atoms with Crippen molar-refractivity contribution in [1.82, 2.24) is 5.32 Å². The summed E-state index contributed by atoms with van der Waals surface area (Å²) in [6, 6.07) is 7.12. The van der Waals surface area contributed by atoms with Crippen molar-refractivity contribution in [2.75, 3.05) is 13.2 Å². The van der Waals surface area contributed by atoms with Gasteiger partial charge in [-0.05, 0) is 45.3 Å². The van der Waals surface area contributed by atoms with Crippen LogP contribution >= 0.6 is 0 Å². The number of hydrogen-bond donors (Lipinski definition) is 2. The molecule has 1 aromatic rings. The monoisotopic (exact) mass is 291 g/mol. The molecule has 6 heteroatoms. The molecule has 5 nitrogen and oxygen atoms in total. The second kappa shape index (κ2) is 5.79. The minimum atomic E-state index is -0.426. The van der Waals surface area contributed by atoms with Gasteiger partial charge >= 0.3 is 7.12 Å². The first-order valence-electron chi connectivity index (χ1n) is 7.11. The van der Waals surface area contributed by atoms with E-state index in [1.54, 1.807) is 12.1 Å². The second-order valence-corrected chi connectivity index (χ2v) is 6.19. The van der Waals surface area contributed by atoms with E-state index in [-0.39, 0.29) is 30.3 Å². The summed E-state index contributed by atoms with van der Waals surface area (Å²) in [5, 5.41) is 11.3. The maximum Gasteiger partial charge on any atom is 0.494 e. The Morgan fingerprint density at radius 1 is 1.14 bits per heavy atom. The maximum atomic E-state index is 11.8. The molecule has 0 aliphatic carbocycles. The highest BCUT2D eigenvalue weighted by molar-refractivity contribution is 6.62. The van der Waals surface area contributed by atoms with Crippen molar-refractivity contribution in [1.29, 1.82) is 0 Å². The molecule has 1 heterocycles. The highest BCUT2D eigenvalue weighted by atomic mass is 16.7. The van der Waals surface area contributed by atoms with Crippen LogP contribution in [0.4, 0.5) is 0 Å². The van der Waals surface area contributed by atoms with E-state index in [4.69, 9.17) is 14.4 Å². The van der Waals surface area contributed by atoms with Gasteiger partial charge < -0.3 is 19.7 Å². The highest BCUT2D eigenvalue weighted by Gasteiger charge is 2.51. The molecule has 2 N–H and O–H groups in total. The predicted molar refractivity (Wildman–Crippen MR) is 81.6 cm³/mol. The van der Waals surface area contributed by atoms with Crippen LogP contribution in [-0.4, -0.2) is 42.5 Å². The molecule has 1 amide bonds. The molecule has 2 rings (SSSR count). The summed E-state index contributed by atoms with van der Waals surface area (Å²) < 4.78 is 11.9. The van der Waals surface area contributed by atoms with Crippen molar-refractivity contribution in [2.24, 2.45) is 0 Å². The Bertz CT molecular complexity index is 497. The molecule has 1 saturated heterocycles. The van der Waals surface area contributed by atoms with Gasteiger partial charge in [0, 0.05) is 12.1 Å². The lowest BCUT2D eigenvalue weighted by Gasteiger charge is -2.32. The number of rotatable bonds is 4. The molecule has 114 valence electrons. The van der Waals surface area contributed by atoms with E-state index >= 15 is 0 Å². The third-order valence-electron chi connectivity index (χ3n) is 4.10. The Hall–Kier alpha value is -1.37. The maximum absolute atomic E-state index is 11.8. The van der Waals surface area contributed by atoms with E-state index in [1.165, 1.54) is 0 Å². The second-order valence-electron chi connectivity index (χ2n) is 6.19. The third-order valence-corrected chi connectivity index (χ3v) is 4.10. The number of aliphatic hydroxyl groups is 1. The number of aliphatic hydroxyl groups excluding tert-OH is 1. The standard InChI is InChI=1S/C15H22BNO4/c1-14(2)15(3,4)21-16(20-14)12-7-5-11(6-8-12)13(19)17-9-10-18/h5-8,18H,9-10H2,1-4H3,(H,17,19). The summed E-state index contributed by atoms with van der Waals surface area (Å²) in [4.78, 5) is 11.8. The highest BCUT2D eigenvalue weighted by Crippen LogP contribution is 2.36. The van der Waals surface area contributed by atoms with Crippen LogP contribution in [0.5, 0.6) is 0 Å². The molecule has 0 unspecified atom stereocenters. The number of nitrogens with one attached hydrogen (secondary N) is 1. The smallest absolute Gasteiger partial charge is 0.399 e. The van der Waals surface area contributed by atoms with E-state index < -0.39 is 7.12 Å². The van der Waals surface area contributed by atoms with Crippen LogP contribution in [0.1, 0.15) is 38.1 Å². The molecular formula is C15H22BNO4. The van der Waals surface area contributed by atoms with E-state index in [9.17, 15) is 4.79 Å². The largest absolute Gasteiger partial charge is 0.494 e. The summed E-state index contributed by atoms with van der Waals surface area (Å²) in [6.45, 7) is 8.19. The molecule has 0 aromatic heterocycles. The topological polar surface area (TPSA) is 67.8 Å². The SMILES string of the molecule is CC1(C)OB(c2ccc(C(=O)NCCO)cc2)OC1(C)C. The fraction of sp³-hybridized carbons (Fsp3) is 0.533. The van der Waals surface area contributed by atoms with E-state index in [2.05, 4.69) is 5.32 Å². The molecule has 1 aliphatic heterocycles. The van der Waals surface area contributed by atoms with Gasteiger partial charge in [0.15, 0.2) is 0 Å². The van der Waals surface area contributed by atoms with Gasteiger partial charge in [-0.1, -0.05) is 12.1 Å². The first-order chi connectivity index (χ1) is 9.77. The lowest BCUT2D eigenvalue weighted by atomic mass is 9.79. The van der Waals surface area contributed by atoms with Crippen LogP contribution in [0.25, 0.3) is 0 Å². The number of hydrogen-bond acceptors (Lipinski definition) is 4. The van der Waals surface area contributed by atoms with Crippen molar-refractivity contribution < 1.29 is 19.2 Å². The average Bonchev–Trinajstić information content (AvgIpc) is 2.65. The van der Waals surface area contributed by atoms with Crippen molar-refractivity contribution in [3.8, 4) is 0 Å². The van der Waals surface area contributed by atoms with Crippen molar-refractivity contribution >= 4 is 18.5 Å². The molecule has 1 aromatic carbocycles. The van der Waals surface area contributed by atoms with Crippen LogP contribution in [0.3, 0.4) is 0 Å². The van der Waals surface area contributed by atoms with E-state index in [0.717, 1.165) is 5.46 Å². The average molecular weight is 291 g/mol. The zero-order valence-electron chi connectivity index (χ0n) is 13.0. The molecule has 0 bridgehead atoms. The van der Waals surface area contributed by atoms with Crippen LogP contribution in [0, 0.1) is 0 Å².